The Morgan fingerprint density at radius 1 is 1.38 bits per heavy atom. The standard InChI is InChI=1S/C15H18FN3O5/c1-9(20)17-11-7-12(10(16)6-13(11)19(21)22)18-3-2-14-15(8-18)24-5-4-23-14/h6-7,14-15H,2-5,8H2,1H3,(H,17,20). The molecule has 0 spiro atoms. The Bertz CT molecular complexity index is 669. The van der Waals surface area contributed by atoms with E-state index >= 15 is 0 Å². The molecule has 0 saturated carbocycles. The molecule has 2 unspecified atom stereocenters. The average molecular weight is 339 g/mol. The van der Waals surface area contributed by atoms with Gasteiger partial charge in [-0.05, 0) is 12.5 Å². The number of hydrogen-bond acceptors (Lipinski definition) is 6. The highest BCUT2D eigenvalue weighted by atomic mass is 19.1. The van der Waals surface area contributed by atoms with Gasteiger partial charge in [0.05, 0.1) is 36.0 Å². The highest BCUT2D eigenvalue weighted by molar-refractivity contribution is 5.92. The van der Waals surface area contributed by atoms with E-state index < -0.39 is 22.3 Å². The lowest BCUT2D eigenvalue weighted by molar-refractivity contribution is -0.384. The molecule has 1 N–H and O–H groups in total. The van der Waals surface area contributed by atoms with Gasteiger partial charge in [-0.3, -0.25) is 14.9 Å². The Hall–Kier alpha value is -2.26. The van der Waals surface area contributed by atoms with E-state index in [1.54, 1.807) is 4.90 Å². The van der Waals surface area contributed by atoms with E-state index in [9.17, 15) is 19.3 Å². The summed E-state index contributed by atoms with van der Waals surface area (Å²) in [6.07, 6.45) is 0.508. The predicted octanol–water partition coefficient (Wildman–Crippen LogP) is 1.69. The number of nitro benzene ring substituents is 1. The highest BCUT2D eigenvalue weighted by Gasteiger charge is 2.34. The van der Waals surface area contributed by atoms with Crippen LogP contribution in [-0.4, -0.2) is 49.3 Å². The first-order valence-corrected chi connectivity index (χ1v) is 7.69. The van der Waals surface area contributed by atoms with E-state index in [0.717, 1.165) is 6.07 Å². The van der Waals surface area contributed by atoms with Gasteiger partial charge in [-0.25, -0.2) is 4.39 Å². The number of nitrogens with one attached hydrogen (secondary N) is 1. The largest absolute Gasteiger partial charge is 0.373 e. The van der Waals surface area contributed by atoms with Crippen LogP contribution in [-0.2, 0) is 14.3 Å². The van der Waals surface area contributed by atoms with Crippen molar-refractivity contribution < 1.29 is 23.6 Å². The lowest BCUT2D eigenvalue weighted by Gasteiger charge is -2.41. The molecule has 0 radical (unpaired) electrons. The first-order chi connectivity index (χ1) is 11.5. The normalized spacial score (nSPS) is 23.5. The van der Waals surface area contributed by atoms with E-state index in [4.69, 9.17) is 9.47 Å². The third-order valence-electron chi connectivity index (χ3n) is 4.16. The summed E-state index contributed by atoms with van der Waals surface area (Å²) in [6.45, 7) is 3.26. The number of carbonyl (C=O) groups excluding carboxylic acids is 1. The molecule has 0 bridgehead atoms. The topological polar surface area (TPSA) is 93.9 Å². The maximum Gasteiger partial charge on any atom is 0.295 e. The Morgan fingerprint density at radius 3 is 2.75 bits per heavy atom. The Balaban J connectivity index is 1.89. The number of fused-ring (bicyclic) bond motifs is 1. The van der Waals surface area contributed by atoms with Crippen molar-refractivity contribution in [1.82, 2.24) is 0 Å². The molecule has 1 amide bonds. The first kappa shape index (κ1) is 16.6. The maximum atomic E-state index is 14.4. The molecule has 1 aromatic carbocycles. The van der Waals surface area contributed by atoms with Crippen LogP contribution in [0.25, 0.3) is 0 Å². The number of anilines is 2. The van der Waals surface area contributed by atoms with Gasteiger partial charge in [-0.2, -0.15) is 0 Å². The fraction of sp³-hybridized carbons (Fsp3) is 0.533. The molecule has 2 aliphatic heterocycles. The summed E-state index contributed by atoms with van der Waals surface area (Å²) < 4.78 is 25.7. The van der Waals surface area contributed by atoms with Gasteiger partial charge in [0.1, 0.15) is 11.8 Å². The van der Waals surface area contributed by atoms with Crippen LogP contribution in [0.3, 0.4) is 0 Å². The molecule has 2 saturated heterocycles. The van der Waals surface area contributed by atoms with E-state index in [1.165, 1.54) is 13.0 Å². The number of nitro groups is 1. The monoisotopic (exact) mass is 339 g/mol. The first-order valence-electron chi connectivity index (χ1n) is 7.69. The van der Waals surface area contributed by atoms with Crippen LogP contribution in [0.4, 0.5) is 21.5 Å². The summed E-state index contributed by atoms with van der Waals surface area (Å²) in [5.74, 6) is -1.16. The molecular weight excluding hydrogens is 321 g/mol. The van der Waals surface area contributed by atoms with Crippen LogP contribution in [0.1, 0.15) is 13.3 Å². The molecule has 8 nitrogen and oxygen atoms in total. The molecule has 9 heteroatoms. The van der Waals surface area contributed by atoms with Crippen molar-refractivity contribution >= 4 is 23.0 Å². The number of halogens is 1. The number of piperidine rings is 1. The molecule has 2 atom stereocenters. The fourth-order valence-corrected chi connectivity index (χ4v) is 3.10. The van der Waals surface area contributed by atoms with Gasteiger partial charge in [0.2, 0.25) is 5.91 Å². The summed E-state index contributed by atoms with van der Waals surface area (Å²) in [4.78, 5) is 23.4. The quantitative estimate of drug-likeness (QED) is 0.665. The minimum Gasteiger partial charge on any atom is -0.373 e. The number of amides is 1. The molecule has 2 aliphatic rings. The number of ether oxygens (including phenoxy) is 2. The van der Waals surface area contributed by atoms with Crippen LogP contribution >= 0.6 is 0 Å². The van der Waals surface area contributed by atoms with E-state index in [-0.39, 0.29) is 23.6 Å². The van der Waals surface area contributed by atoms with Crippen LogP contribution < -0.4 is 10.2 Å². The zero-order valence-electron chi connectivity index (χ0n) is 13.2. The van der Waals surface area contributed by atoms with Crippen molar-refractivity contribution in [2.24, 2.45) is 0 Å². The third kappa shape index (κ3) is 3.31. The van der Waals surface area contributed by atoms with Crippen LogP contribution in [0.5, 0.6) is 0 Å². The average Bonchev–Trinajstić information content (AvgIpc) is 2.55. The molecule has 0 aromatic heterocycles. The van der Waals surface area contributed by atoms with Crippen LogP contribution in [0.2, 0.25) is 0 Å². The molecular formula is C15H18FN3O5. The molecule has 2 fully saturated rings. The van der Waals surface area contributed by atoms with Crippen molar-refractivity contribution in [3.8, 4) is 0 Å². The van der Waals surface area contributed by atoms with E-state index in [2.05, 4.69) is 5.32 Å². The summed E-state index contributed by atoms with van der Waals surface area (Å²) >= 11 is 0. The molecule has 1 aromatic rings. The van der Waals surface area contributed by atoms with Gasteiger partial charge < -0.3 is 19.7 Å². The summed E-state index contributed by atoms with van der Waals surface area (Å²) in [6, 6.07) is 2.14. The van der Waals surface area contributed by atoms with Crippen LogP contribution in [0.15, 0.2) is 12.1 Å². The molecule has 3 rings (SSSR count). The Morgan fingerprint density at radius 2 is 2.08 bits per heavy atom. The second-order valence-corrected chi connectivity index (χ2v) is 5.81. The predicted molar refractivity (Wildman–Crippen MR) is 83.7 cm³/mol. The minimum absolute atomic E-state index is 0.00840. The van der Waals surface area contributed by atoms with Gasteiger partial charge in [-0.15, -0.1) is 0 Å². The van der Waals surface area contributed by atoms with Crippen molar-refractivity contribution in [2.75, 3.05) is 36.5 Å². The molecule has 24 heavy (non-hydrogen) atoms. The zero-order valence-corrected chi connectivity index (χ0v) is 13.2. The lowest BCUT2D eigenvalue weighted by Crippen LogP contribution is -2.52. The van der Waals surface area contributed by atoms with Gasteiger partial charge in [-0.1, -0.05) is 0 Å². The lowest BCUT2D eigenvalue weighted by atomic mass is 10.0. The van der Waals surface area contributed by atoms with Crippen molar-refractivity contribution in [1.29, 1.82) is 0 Å². The SMILES string of the molecule is CC(=O)Nc1cc(N2CCC3OCCOC3C2)c(F)cc1[N+](=O)[O-]. The summed E-state index contributed by atoms with van der Waals surface area (Å²) in [5, 5.41) is 13.5. The molecule has 130 valence electrons. The minimum atomic E-state index is -0.720. The van der Waals surface area contributed by atoms with Gasteiger partial charge >= 0.3 is 0 Å². The number of benzene rings is 1. The number of hydrogen-bond donors (Lipinski definition) is 1. The van der Waals surface area contributed by atoms with Crippen molar-refractivity contribution in [3.05, 3.63) is 28.1 Å². The fourth-order valence-electron chi connectivity index (χ4n) is 3.10. The third-order valence-corrected chi connectivity index (χ3v) is 4.16. The van der Waals surface area contributed by atoms with E-state index in [1.807, 2.05) is 0 Å². The zero-order chi connectivity index (χ0) is 17.3. The highest BCUT2D eigenvalue weighted by Crippen LogP contribution is 2.34. The van der Waals surface area contributed by atoms with Gasteiger partial charge in [0.15, 0.2) is 5.82 Å². The van der Waals surface area contributed by atoms with Crippen LogP contribution in [0, 0.1) is 15.9 Å². The smallest absolute Gasteiger partial charge is 0.295 e. The number of nitrogens with zero attached hydrogens (tertiary/aromatic N) is 2. The summed E-state index contributed by atoms with van der Waals surface area (Å²) in [5.41, 5.74) is -0.289. The number of rotatable bonds is 3. The molecule has 2 heterocycles. The van der Waals surface area contributed by atoms with Gasteiger partial charge in [0, 0.05) is 20.0 Å². The molecule has 0 aliphatic carbocycles. The van der Waals surface area contributed by atoms with E-state index in [0.29, 0.717) is 32.7 Å². The Labute approximate surface area is 137 Å². The summed E-state index contributed by atoms with van der Waals surface area (Å²) in [7, 11) is 0. The Kier molecular flexibility index (Phi) is 4.63. The second-order valence-electron chi connectivity index (χ2n) is 5.81. The number of carbonyl (C=O) groups is 1. The van der Waals surface area contributed by atoms with Gasteiger partial charge in [0.25, 0.3) is 5.69 Å². The van der Waals surface area contributed by atoms with Crippen molar-refractivity contribution in [3.63, 3.8) is 0 Å². The second kappa shape index (κ2) is 6.70. The van der Waals surface area contributed by atoms with Crippen molar-refractivity contribution in [2.45, 2.75) is 25.6 Å². The maximum absolute atomic E-state index is 14.4.